The molecule has 1 aliphatic rings. The molecule has 0 spiro atoms. The van der Waals surface area contributed by atoms with Crippen LogP contribution in [0.3, 0.4) is 0 Å². The van der Waals surface area contributed by atoms with Crippen molar-refractivity contribution in [3.8, 4) is 0 Å². The van der Waals surface area contributed by atoms with Crippen LogP contribution in [-0.2, 0) is 17.8 Å². The van der Waals surface area contributed by atoms with Crippen molar-refractivity contribution in [3.05, 3.63) is 59.2 Å². The first-order valence-corrected chi connectivity index (χ1v) is 8.18. The van der Waals surface area contributed by atoms with E-state index < -0.39 is 6.10 Å². The minimum atomic E-state index is -0.562. The van der Waals surface area contributed by atoms with Crippen LogP contribution in [0.5, 0.6) is 0 Å². The van der Waals surface area contributed by atoms with Crippen molar-refractivity contribution in [1.29, 1.82) is 0 Å². The Morgan fingerprint density at radius 1 is 1.35 bits per heavy atom. The van der Waals surface area contributed by atoms with Crippen molar-refractivity contribution in [1.82, 2.24) is 10.2 Å². The molecule has 0 fully saturated rings. The van der Waals surface area contributed by atoms with Gasteiger partial charge in [0.2, 0.25) is 0 Å². The predicted molar refractivity (Wildman–Crippen MR) is 93.0 cm³/mol. The standard InChI is InChI=1S/C19H26N2O2/c1-3-7-15(4-2)19(23)20-12-18(22)14-21-11-10-16-8-5-6-9-17(16)13-21/h3-9,18,22H,10-14H2,1-2H3,(H,20,23)/b7-3-,15-4+. The van der Waals surface area contributed by atoms with E-state index in [4.69, 9.17) is 0 Å². The van der Waals surface area contributed by atoms with Crippen molar-refractivity contribution < 1.29 is 9.90 Å². The van der Waals surface area contributed by atoms with E-state index in [9.17, 15) is 9.90 Å². The number of aliphatic hydroxyl groups excluding tert-OH is 1. The summed E-state index contributed by atoms with van der Waals surface area (Å²) >= 11 is 0. The first-order valence-electron chi connectivity index (χ1n) is 8.18. The van der Waals surface area contributed by atoms with E-state index in [2.05, 4.69) is 34.5 Å². The number of nitrogens with one attached hydrogen (secondary N) is 1. The normalized spacial score (nSPS) is 17.1. The molecule has 0 saturated carbocycles. The number of aliphatic hydroxyl groups is 1. The first kappa shape index (κ1) is 17.4. The molecule has 1 heterocycles. The zero-order chi connectivity index (χ0) is 16.7. The lowest BCUT2D eigenvalue weighted by Crippen LogP contribution is -2.42. The maximum atomic E-state index is 12.0. The van der Waals surface area contributed by atoms with E-state index in [0.29, 0.717) is 12.1 Å². The highest BCUT2D eigenvalue weighted by Crippen LogP contribution is 2.18. The molecule has 1 unspecified atom stereocenters. The van der Waals surface area contributed by atoms with Crippen molar-refractivity contribution >= 4 is 5.91 Å². The number of benzene rings is 1. The minimum absolute atomic E-state index is 0.145. The van der Waals surface area contributed by atoms with Crippen molar-refractivity contribution in [3.63, 3.8) is 0 Å². The highest BCUT2D eigenvalue weighted by molar-refractivity contribution is 5.96. The van der Waals surface area contributed by atoms with E-state index in [1.165, 1.54) is 11.1 Å². The zero-order valence-corrected chi connectivity index (χ0v) is 14.0. The number of allylic oxidation sites excluding steroid dienone is 2. The summed E-state index contributed by atoms with van der Waals surface area (Å²) in [5.41, 5.74) is 3.35. The quantitative estimate of drug-likeness (QED) is 0.624. The van der Waals surface area contributed by atoms with Gasteiger partial charge in [-0.1, -0.05) is 42.5 Å². The van der Waals surface area contributed by atoms with Crippen molar-refractivity contribution in [2.24, 2.45) is 0 Å². The molecule has 1 aliphatic heterocycles. The van der Waals surface area contributed by atoms with Crippen LogP contribution >= 0.6 is 0 Å². The highest BCUT2D eigenvalue weighted by atomic mass is 16.3. The molecule has 0 bridgehead atoms. The molecule has 1 aromatic carbocycles. The molecule has 2 rings (SSSR count). The fourth-order valence-corrected chi connectivity index (χ4v) is 2.87. The zero-order valence-electron chi connectivity index (χ0n) is 14.0. The average molecular weight is 314 g/mol. The fraction of sp³-hybridized carbons (Fsp3) is 0.421. The van der Waals surface area contributed by atoms with Gasteiger partial charge in [0, 0.05) is 31.8 Å². The monoisotopic (exact) mass is 314 g/mol. The smallest absolute Gasteiger partial charge is 0.251 e. The van der Waals surface area contributed by atoms with Crippen LogP contribution in [-0.4, -0.2) is 41.7 Å². The average Bonchev–Trinajstić information content (AvgIpc) is 2.57. The van der Waals surface area contributed by atoms with Gasteiger partial charge in [0.25, 0.3) is 5.91 Å². The maximum absolute atomic E-state index is 12.0. The van der Waals surface area contributed by atoms with E-state index in [-0.39, 0.29) is 12.5 Å². The summed E-state index contributed by atoms with van der Waals surface area (Å²) in [4.78, 5) is 14.2. The summed E-state index contributed by atoms with van der Waals surface area (Å²) in [5.74, 6) is -0.145. The number of hydrogen-bond donors (Lipinski definition) is 2. The topological polar surface area (TPSA) is 52.6 Å². The lowest BCUT2D eigenvalue weighted by Gasteiger charge is -2.30. The minimum Gasteiger partial charge on any atom is -0.390 e. The number of fused-ring (bicyclic) bond motifs is 1. The van der Waals surface area contributed by atoms with Gasteiger partial charge in [-0.05, 0) is 31.4 Å². The van der Waals surface area contributed by atoms with E-state index in [1.807, 2.05) is 19.9 Å². The van der Waals surface area contributed by atoms with Crippen LogP contribution in [0.1, 0.15) is 25.0 Å². The molecular weight excluding hydrogens is 288 g/mol. The van der Waals surface area contributed by atoms with Crippen LogP contribution in [0.4, 0.5) is 0 Å². The first-order chi connectivity index (χ1) is 11.1. The second-order valence-electron chi connectivity index (χ2n) is 5.86. The van der Waals surface area contributed by atoms with E-state index in [0.717, 1.165) is 19.5 Å². The number of hydrogen-bond acceptors (Lipinski definition) is 3. The number of carbonyl (C=O) groups excluding carboxylic acids is 1. The van der Waals surface area contributed by atoms with Crippen LogP contribution in [0.2, 0.25) is 0 Å². The van der Waals surface area contributed by atoms with Gasteiger partial charge in [-0.3, -0.25) is 9.69 Å². The molecule has 4 nitrogen and oxygen atoms in total. The molecule has 23 heavy (non-hydrogen) atoms. The lowest BCUT2D eigenvalue weighted by molar-refractivity contribution is -0.117. The van der Waals surface area contributed by atoms with E-state index in [1.54, 1.807) is 12.2 Å². The summed E-state index contributed by atoms with van der Waals surface area (Å²) in [6.45, 7) is 6.35. The van der Waals surface area contributed by atoms with Gasteiger partial charge in [0.1, 0.15) is 0 Å². The van der Waals surface area contributed by atoms with Crippen LogP contribution in [0.25, 0.3) is 0 Å². The number of amides is 1. The molecule has 1 aromatic rings. The Morgan fingerprint density at radius 3 is 2.78 bits per heavy atom. The second-order valence-corrected chi connectivity index (χ2v) is 5.86. The molecule has 1 atom stereocenters. The van der Waals surface area contributed by atoms with Crippen LogP contribution in [0, 0.1) is 0 Å². The Balaban J connectivity index is 1.80. The molecule has 0 radical (unpaired) electrons. The Hall–Kier alpha value is -1.91. The van der Waals surface area contributed by atoms with Gasteiger partial charge >= 0.3 is 0 Å². The summed E-state index contributed by atoms with van der Waals surface area (Å²) in [6, 6.07) is 8.44. The molecular formula is C19H26N2O2. The third-order valence-electron chi connectivity index (χ3n) is 4.10. The lowest BCUT2D eigenvalue weighted by atomic mass is 10.00. The third kappa shape index (κ3) is 5.05. The van der Waals surface area contributed by atoms with Crippen molar-refractivity contribution in [2.45, 2.75) is 32.9 Å². The third-order valence-corrected chi connectivity index (χ3v) is 4.10. The molecule has 0 aliphatic carbocycles. The van der Waals surface area contributed by atoms with Crippen LogP contribution < -0.4 is 5.32 Å². The summed E-state index contributed by atoms with van der Waals surface area (Å²) in [5, 5.41) is 13.0. The number of nitrogens with zero attached hydrogens (tertiary/aromatic N) is 1. The van der Waals surface area contributed by atoms with Gasteiger partial charge < -0.3 is 10.4 Å². The van der Waals surface area contributed by atoms with Crippen LogP contribution in [0.15, 0.2) is 48.1 Å². The van der Waals surface area contributed by atoms with Gasteiger partial charge in [-0.2, -0.15) is 0 Å². The van der Waals surface area contributed by atoms with Crippen molar-refractivity contribution in [2.75, 3.05) is 19.6 Å². The SMILES string of the molecule is C/C=C\C(=C/C)C(=O)NCC(O)CN1CCc2ccccc2C1. The van der Waals surface area contributed by atoms with E-state index >= 15 is 0 Å². The van der Waals surface area contributed by atoms with Gasteiger partial charge in [-0.25, -0.2) is 0 Å². The Bertz CT molecular complexity index is 593. The molecule has 0 aromatic heterocycles. The Kier molecular flexibility index (Phi) is 6.56. The molecule has 2 N–H and O–H groups in total. The predicted octanol–water partition coefficient (Wildman–Crippen LogP) is 2.04. The number of carbonyl (C=O) groups is 1. The summed E-state index contributed by atoms with van der Waals surface area (Å²) in [7, 11) is 0. The molecule has 4 heteroatoms. The molecule has 124 valence electrons. The number of β-amino-alcohol motifs (C(OH)–C–C–N with tert-alkyl or cyclic N) is 1. The summed E-state index contributed by atoms with van der Waals surface area (Å²) in [6.07, 6.45) is 5.82. The largest absolute Gasteiger partial charge is 0.390 e. The summed E-state index contributed by atoms with van der Waals surface area (Å²) < 4.78 is 0. The van der Waals surface area contributed by atoms with Gasteiger partial charge in [0.15, 0.2) is 0 Å². The van der Waals surface area contributed by atoms with Gasteiger partial charge in [-0.15, -0.1) is 0 Å². The fourth-order valence-electron chi connectivity index (χ4n) is 2.87. The number of rotatable bonds is 6. The maximum Gasteiger partial charge on any atom is 0.251 e. The Morgan fingerprint density at radius 2 is 2.09 bits per heavy atom. The Labute approximate surface area is 138 Å². The molecule has 0 saturated heterocycles. The van der Waals surface area contributed by atoms with Gasteiger partial charge in [0.05, 0.1) is 6.10 Å². The second kappa shape index (κ2) is 8.65. The molecule has 1 amide bonds. The highest BCUT2D eigenvalue weighted by Gasteiger charge is 2.18.